The third-order valence-electron chi connectivity index (χ3n) is 3.27. The van der Waals surface area contributed by atoms with Gasteiger partial charge in [-0.15, -0.1) is 0 Å². The lowest BCUT2D eigenvalue weighted by atomic mass is 9.99. The third kappa shape index (κ3) is 4.66. The Bertz CT molecular complexity index is 140. The lowest BCUT2D eigenvalue weighted by Crippen LogP contribution is -2.43. The van der Waals surface area contributed by atoms with Gasteiger partial charge in [0, 0.05) is 5.92 Å². The normalized spacial score (nSPS) is 31.2. The van der Waals surface area contributed by atoms with E-state index >= 15 is 0 Å². The molecule has 1 heteroatoms. The average Bonchev–Trinajstić information content (AvgIpc) is 2.01. The first-order valence-electron chi connectivity index (χ1n) is 5.92. The van der Waals surface area contributed by atoms with E-state index in [4.69, 9.17) is 0 Å². The van der Waals surface area contributed by atoms with Gasteiger partial charge in [0.2, 0.25) is 0 Å². The van der Waals surface area contributed by atoms with E-state index in [1.54, 1.807) is 0 Å². The molecule has 1 nitrogen and oxygen atoms in total. The van der Waals surface area contributed by atoms with Gasteiger partial charge in [0.1, 0.15) is 0 Å². The van der Waals surface area contributed by atoms with E-state index in [2.05, 4.69) is 21.0 Å². The Morgan fingerprint density at radius 3 is 2.31 bits per heavy atom. The Morgan fingerprint density at radius 1 is 0.923 bits per heavy atom. The van der Waals surface area contributed by atoms with Gasteiger partial charge in [-0.1, -0.05) is 26.2 Å². The molecule has 1 aliphatic rings. The summed E-state index contributed by atoms with van der Waals surface area (Å²) in [4.78, 5) is 0. The second kappa shape index (κ2) is 4.99. The first-order valence-corrected chi connectivity index (χ1v) is 5.92. The Labute approximate surface area is 83.7 Å². The molecular weight excluding hydrogens is 158 g/mol. The van der Waals surface area contributed by atoms with Crippen molar-refractivity contribution >= 4 is 0 Å². The molecule has 1 aliphatic heterocycles. The van der Waals surface area contributed by atoms with Crippen molar-refractivity contribution < 1.29 is 4.48 Å². The molecule has 0 bridgehead atoms. The van der Waals surface area contributed by atoms with Crippen molar-refractivity contribution in [2.75, 3.05) is 27.2 Å². The number of hydrogen-bond acceptors (Lipinski definition) is 0. The monoisotopic (exact) mass is 184 g/mol. The second-order valence-corrected chi connectivity index (χ2v) is 5.50. The molecule has 0 N–H and O–H groups in total. The molecule has 1 saturated heterocycles. The lowest BCUT2D eigenvalue weighted by molar-refractivity contribution is -0.893. The summed E-state index contributed by atoms with van der Waals surface area (Å²) in [5.41, 5.74) is 0. The minimum Gasteiger partial charge on any atom is -0.328 e. The van der Waals surface area contributed by atoms with Gasteiger partial charge in [-0.2, -0.15) is 0 Å². The van der Waals surface area contributed by atoms with Gasteiger partial charge >= 0.3 is 0 Å². The quantitative estimate of drug-likeness (QED) is 0.508. The minimum atomic E-state index is 0.924. The van der Waals surface area contributed by atoms with Crippen molar-refractivity contribution in [1.29, 1.82) is 0 Å². The third-order valence-corrected chi connectivity index (χ3v) is 3.27. The number of hydrogen-bond donors (Lipinski definition) is 0. The average molecular weight is 184 g/mol. The van der Waals surface area contributed by atoms with Gasteiger partial charge in [0.05, 0.1) is 27.2 Å². The molecule has 0 aromatic rings. The maximum Gasteiger partial charge on any atom is 0.0808 e. The fourth-order valence-corrected chi connectivity index (χ4v) is 2.59. The Hall–Kier alpha value is -0.0400. The van der Waals surface area contributed by atoms with Crippen LogP contribution >= 0.6 is 0 Å². The molecule has 1 heterocycles. The van der Waals surface area contributed by atoms with Crippen LogP contribution in [0.1, 0.15) is 45.4 Å². The molecule has 0 saturated carbocycles. The molecular formula is C12H26N+. The summed E-state index contributed by atoms with van der Waals surface area (Å²) in [6.07, 6.45) is 8.73. The highest BCUT2D eigenvalue weighted by molar-refractivity contribution is 4.56. The fourth-order valence-electron chi connectivity index (χ4n) is 2.59. The van der Waals surface area contributed by atoms with Gasteiger partial charge in [-0.3, -0.25) is 0 Å². The van der Waals surface area contributed by atoms with Crippen LogP contribution in [0, 0.1) is 5.92 Å². The first kappa shape index (κ1) is 11.0. The highest BCUT2D eigenvalue weighted by Gasteiger charge is 2.19. The molecule has 1 rings (SSSR count). The molecule has 0 aromatic carbocycles. The van der Waals surface area contributed by atoms with E-state index < -0.39 is 0 Å². The summed E-state index contributed by atoms with van der Waals surface area (Å²) in [6.45, 7) is 5.17. The zero-order chi connectivity index (χ0) is 9.73. The van der Waals surface area contributed by atoms with Crippen molar-refractivity contribution in [3.05, 3.63) is 0 Å². The second-order valence-electron chi connectivity index (χ2n) is 5.50. The molecule has 1 unspecified atom stereocenters. The molecule has 0 aromatic heterocycles. The van der Waals surface area contributed by atoms with Gasteiger partial charge in [-0.25, -0.2) is 0 Å². The Balaban J connectivity index is 2.40. The summed E-state index contributed by atoms with van der Waals surface area (Å²) in [5.74, 6) is 0.924. The van der Waals surface area contributed by atoms with Crippen LogP contribution < -0.4 is 0 Å². The summed E-state index contributed by atoms with van der Waals surface area (Å²) >= 11 is 0. The van der Waals surface area contributed by atoms with E-state index in [0.29, 0.717) is 0 Å². The molecule has 1 atom stereocenters. The fraction of sp³-hybridized carbons (Fsp3) is 1.00. The van der Waals surface area contributed by atoms with E-state index in [0.717, 1.165) is 5.92 Å². The van der Waals surface area contributed by atoms with E-state index in [9.17, 15) is 0 Å². The predicted octanol–water partition coefficient (Wildman–Crippen LogP) is 3.05. The summed E-state index contributed by atoms with van der Waals surface area (Å²) in [7, 11) is 4.77. The van der Waals surface area contributed by atoms with Crippen LogP contribution in [0.25, 0.3) is 0 Å². The molecule has 1 fully saturated rings. The SMILES string of the molecule is CC1CCCCCCC[N+](C)(C)C1. The molecule has 0 amide bonds. The first-order chi connectivity index (χ1) is 6.10. The zero-order valence-corrected chi connectivity index (χ0v) is 9.68. The maximum atomic E-state index is 2.42. The summed E-state index contributed by atoms with van der Waals surface area (Å²) < 4.78 is 1.24. The molecule has 0 spiro atoms. The van der Waals surface area contributed by atoms with Crippen LogP contribution in [0.4, 0.5) is 0 Å². The van der Waals surface area contributed by atoms with Crippen molar-refractivity contribution in [2.24, 2.45) is 5.92 Å². The molecule has 0 radical (unpaired) electrons. The number of nitrogens with zero attached hydrogens (tertiary/aromatic N) is 1. The van der Waals surface area contributed by atoms with E-state index in [1.807, 2.05) is 0 Å². The van der Waals surface area contributed by atoms with Crippen LogP contribution in [-0.2, 0) is 0 Å². The lowest BCUT2D eigenvalue weighted by Gasteiger charge is -2.33. The van der Waals surface area contributed by atoms with Gasteiger partial charge in [0.25, 0.3) is 0 Å². The van der Waals surface area contributed by atoms with E-state index in [-0.39, 0.29) is 0 Å². The molecule has 78 valence electrons. The Morgan fingerprint density at radius 2 is 1.54 bits per heavy atom. The topological polar surface area (TPSA) is 0 Å². The summed E-state index contributed by atoms with van der Waals surface area (Å²) in [6, 6.07) is 0. The smallest absolute Gasteiger partial charge is 0.0808 e. The van der Waals surface area contributed by atoms with E-state index in [1.165, 1.54) is 56.1 Å². The van der Waals surface area contributed by atoms with Crippen LogP contribution in [0.2, 0.25) is 0 Å². The van der Waals surface area contributed by atoms with Crippen molar-refractivity contribution in [1.82, 2.24) is 0 Å². The highest BCUT2D eigenvalue weighted by atomic mass is 15.3. The standard InChI is InChI=1S/C12H26N/c1-12-9-7-5-4-6-8-10-13(2,3)11-12/h12H,4-11H2,1-3H3/q+1. The number of rotatable bonds is 0. The number of quaternary nitrogens is 1. The molecule has 13 heavy (non-hydrogen) atoms. The van der Waals surface area contributed by atoms with Crippen molar-refractivity contribution in [3.63, 3.8) is 0 Å². The van der Waals surface area contributed by atoms with Gasteiger partial charge in [-0.05, 0) is 19.3 Å². The van der Waals surface area contributed by atoms with Crippen LogP contribution in [0.15, 0.2) is 0 Å². The summed E-state index contributed by atoms with van der Waals surface area (Å²) in [5, 5.41) is 0. The van der Waals surface area contributed by atoms with Gasteiger partial charge in [0.15, 0.2) is 0 Å². The van der Waals surface area contributed by atoms with Crippen LogP contribution in [0.5, 0.6) is 0 Å². The van der Waals surface area contributed by atoms with Gasteiger partial charge < -0.3 is 4.48 Å². The van der Waals surface area contributed by atoms with Crippen molar-refractivity contribution in [2.45, 2.75) is 45.4 Å². The Kier molecular flexibility index (Phi) is 4.24. The van der Waals surface area contributed by atoms with Crippen molar-refractivity contribution in [3.8, 4) is 0 Å². The van der Waals surface area contributed by atoms with Crippen LogP contribution in [0.3, 0.4) is 0 Å². The maximum absolute atomic E-state index is 2.42. The minimum absolute atomic E-state index is 0.924. The zero-order valence-electron chi connectivity index (χ0n) is 9.68. The highest BCUT2D eigenvalue weighted by Crippen LogP contribution is 2.17. The largest absolute Gasteiger partial charge is 0.328 e. The van der Waals surface area contributed by atoms with Crippen LogP contribution in [-0.4, -0.2) is 31.7 Å². The molecule has 0 aliphatic carbocycles. The predicted molar refractivity (Wildman–Crippen MR) is 58.7 cm³/mol.